The Morgan fingerprint density at radius 3 is 2.78 bits per heavy atom. The quantitative estimate of drug-likeness (QED) is 0.731. The van der Waals surface area contributed by atoms with Gasteiger partial charge in [-0.1, -0.05) is 19.3 Å². The third kappa shape index (κ3) is 4.41. The van der Waals surface area contributed by atoms with Gasteiger partial charge in [0.15, 0.2) is 0 Å². The fourth-order valence-corrected chi connectivity index (χ4v) is 4.61. The van der Waals surface area contributed by atoms with E-state index >= 15 is 0 Å². The molecule has 1 aromatic rings. The lowest BCUT2D eigenvalue weighted by Crippen LogP contribution is -2.44. The zero-order valence-corrected chi connectivity index (χ0v) is 16.4. The van der Waals surface area contributed by atoms with Crippen molar-refractivity contribution < 1.29 is 4.79 Å². The molecule has 1 atom stereocenters. The van der Waals surface area contributed by atoms with Crippen LogP contribution in [0.25, 0.3) is 0 Å². The maximum atomic E-state index is 12.5. The summed E-state index contributed by atoms with van der Waals surface area (Å²) >= 11 is 0. The molecule has 0 aromatic carbocycles. The Hall–Kier alpha value is -1.73. The molecule has 1 aliphatic carbocycles. The van der Waals surface area contributed by atoms with Crippen LogP contribution in [0.3, 0.4) is 0 Å². The average molecular weight is 373 g/mol. The van der Waals surface area contributed by atoms with E-state index in [9.17, 15) is 4.79 Å². The number of amides is 1. The summed E-state index contributed by atoms with van der Waals surface area (Å²) in [5, 5.41) is 9.97. The molecule has 1 saturated heterocycles. The normalized spacial score (nSPS) is 23.8. The molecule has 1 amide bonds. The van der Waals surface area contributed by atoms with Gasteiger partial charge in [0.2, 0.25) is 5.91 Å². The number of carbonyl (C=O) groups excluding carboxylic acids is 1. The minimum Gasteiger partial charge on any atom is -0.373 e. The van der Waals surface area contributed by atoms with Crippen molar-refractivity contribution in [2.75, 3.05) is 32.0 Å². The summed E-state index contributed by atoms with van der Waals surface area (Å²) in [4.78, 5) is 24.3. The highest BCUT2D eigenvalue weighted by Gasteiger charge is 2.27. The second kappa shape index (κ2) is 8.52. The summed E-state index contributed by atoms with van der Waals surface area (Å²) < 4.78 is 0. The molecule has 0 spiro atoms. The van der Waals surface area contributed by atoms with Crippen LogP contribution >= 0.6 is 0 Å². The molecule has 148 valence electrons. The number of carbonyl (C=O) groups is 1. The molecule has 0 unspecified atom stereocenters. The third-order valence-electron chi connectivity index (χ3n) is 6.10. The number of hydrogen-bond acceptors (Lipinski definition) is 6. The number of nitrogens with zero attached hydrogens (tertiary/aromatic N) is 3. The van der Waals surface area contributed by atoms with Gasteiger partial charge in [0, 0.05) is 38.2 Å². The van der Waals surface area contributed by atoms with Crippen molar-refractivity contribution in [2.45, 2.75) is 70.0 Å². The second-order valence-corrected chi connectivity index (χ2v) is 8.12. The van der Waals surface area contributed by atoms with Gasteiger partial charge in [-0.2, -0.15) is 0 Å². The van der Waals surface area contributed by atoms with Crippen LogP contribution in [0.1, 0.15) is 68.1 Å². The minimum atomic E-state index is 0.157. The van der Waals surface area contributed by atoms with Crippen LogP contribution in [-0.2, 0) is 17.8 Å². The monoisotopic (exact) mass is 372 g/mol. The van der Waals surface area contributed by atoms with Gasteiger partial charge < -0.3 is 16.0 Å². The van der Waals surface area contributed by atoms with Gasteiger partial charge in [-0.25, -0.2) is 9.97 Å². The van der Waals surface area contributed by atoms with E-state index < -0.39 is 0 Å². The highest BCUT2D eigenvalue weighted by Crippen LogP contribution is 2.28. The SMILES string of the molecule is CNc1nc([C@@H]2CCCN2)nc2c1CN(CC(=O)NC1CCCCC1)CC2. The molecule has 0 radical (unpaired) electrons. The number of rotatable bonds is 5. The van der Waals surface area contributed by atoms with Crippen LogP contribution in [0.5, 0.6) is 0 Å². The van der Waals surface area contributed by atoms with Crippen molar-refractivity contribution >= 4 is 11.7 Å². The van der Waals surface area contributed by atoms with Crippen LogP contribution in [0.4, 0.5) is 5.82 Å². The number of fused-ring (bicyclic) bond motifs is 1. The van der Waals surface area contributed by atoms with Gasteiger partial charge in [-0.15, -0.1) is 0 Å². The molecule has 7 nitrogen and oxygen atoms in total. The van der Waals surface area contributed by atoms with E-state index in [-0.39, 0.29) is 11.9 Å². The van der Waals surface area contributed by atoms with Crippen molar-refractivity contribution in [1.29, 1.82) is 0 Å². The Balaban J connectivity index is 1.40. The minimum absolute atomic E-state index is 0.157. The predicted octanol–water partition coefficient (Wildman–Crippen LogP) is 1.75. The summed E-state index contributed by atoms with van der Waals surface area (Å²) in [6, 6.07) is 0.655. The molecular formula is C20H32N6O. The molecule has 3 heterocycles. The van der Waals surface area contributed by atoms with Crippen molar-refractivity contribution in [3.8, 4) is 0 Å². The molecule has 4 rings (SSSR count). The van der Waals surface area contributed by atoms with Gasteiger partial charge in [0.25, 0.3) is 0 Å². The van der Waals surface area contributed by atoms with Crippen LogP contribution in [-0.4, -0.2) is 53.5 Å². The summed E-state index contributed by atoms with van der Waals surface area (Å²) in [7, 11) is 1.92. The first-order valence-corrected chi connectivity index (χ1v) is 10.6. The van der Waals surface area contributed by atoms with E-state index in [1.807, 2.05) is 7.05 Å². The van der Waals surface area contributed by atoms with Gasteiger partial charge in [-0.05, 0) is 32.2 Å². The van der Waals surface area contributed by atoms with E-state index in [0.717, 1.165) is 68.2 Å². The van der Waals surface area contributed by atoms with Gasteiger partial charge in [-0.3, -0.25) is 9.69 Å². The molecule has 2 fully saturated rings. The molecule has 1 aromatic heterocycles. The zero-order valence-electron chi connectivity index (χ0n) is 16.4. The van der Waals surface area contributed by atoms with E-state index in [1.165, 1.54) is 25.7 Å². The van der Waals surface area contributed by atoms with Gasteiger partial charge in [0.05, 0.1) is 18.3 Å². The van der Waals surface area contributed by atoms with Crippen molar-refractivity contribution in [3.63, 3.8) is 0 Å². The molecule has 7 heteroatoms. The highest BCUT2D eigenvalue weighted by molar-refractivity contribution is 5.78. The van der Waals surface area contributed by atoms with Crippen molar-refractivity contribution in [1.82, 2.24) is 25.5 Å². The maximum absolute atomic E-state index is 12.5. The van der Waals surface area contributed by atoms with Gasteiger partial charge >= 0.3 is 0 Å². The summed E-state index contributed by atoms with van der Waals surface area (Å²) in [5.41, 5.74) is 2.29. The first kappa shape index (κ1) is 18.6. The van der Waals surface area contributed by atoms with E-state index in [2.05, 4.69) is 20.9 Å². The lowest BCUT2D eigenvalue weighted by molar-refractivity contribution is -0.123. The first-order chi connectivity index (χ1) is 13.2. The Kier molecular flexibility index (Phi) is 5.88. The number of nitrogens with one attached hydrogen (secondary N) is 3. The fourth-order valence-electron chi connectivity index (χ4n) is 4.61. The smallest absolute Gasteiger partial charge is 0.234 e. The van der Waals surface area contributed by atoms with E-state index in [4.69, 9.17) is 9.97 Å². The summed E-state index contributed by atoms with van der Waals surface area (Å²) in [6.45, 7) is 3.12. The Morgan fingerprint density at radius 1 is 1.19 bits per heavy atom. The van der Waals surface area contributed by atoms with E-state index in [0.29, 0.717) is 12.6 Å². The lowest BCUT2D eigenvalue weighted by atomic mass is 9.95. The predicted molar refractivity (Wildman–Crippen MR) is 106 cm³/mol. The first-order valence-electron chi connectivity index (χ1n) is 10.6. The number of hydrogen-bond donors (Lipinski definition) is 3. The molecule has 2 aliphatic heterocycles. The standard InChI is InChI=1S/C20H32N6O/c1-21-19-15-12-26(13-18(27)23-14-6-3-2-4-7-14)11-9-16(15)24-20(25-19)17-8-5-10-22-17/h14,17,22H,2-13H2,1H3,(H,23,27)(H,21,24,25)/t17-/m0/s1. The second-order valence-electron chi connectivity index (χ2n) is 8.12. The molecule has 1 saturated carbocycles. The number of aromatic nitrogens is 2. The van der Waals surface area contributed by atoms with Crippen molar-refractivity contribution in [2.24, 2.45) is 0 Å². The molecule has 3 N–H and O–H groups in total. The molecule has 3 aliphatic rings. The molecule has 0 bridgehead atoms. The van der Waals surface area contributed by atoms with E-state index in [1.54, 1.807) is 0 Å². The average Bonchev–Trinajstić information content (AvgIpc) is 3.22. The Labute approximate surface area is 161 Å². The van der Waals surface area contributed by atoms with Gasteiger partial charge in [0.1, 0.15) is 11.6 Å². The van der Waals surface area contributed by atoms with Crippen molar-refractivity contribution in [3.05, 3.63) is 17.1 Å². The molecular weight excluding hydrogens is 340 g/mol. The van der Waals surface area contributed by atoms with Crippen LogP contribution in [0.2, 0.25) is 0 Å². The fraction of sp³-hybridized carbons (Fsp3) is 0.750. The third-order valence-corrected chi connectivity index (χ3v) is 6.10. The number of anilines is 1. The molecule has 27 heavy (non-hydrogen) atoms. The van der Waals surface area contributed by atoms with Crippen LogP contribution < -0.4 is 16.0 Å². The summed E-state index contributed by atoms with van der Waals surface area (Å²) in [5.74, 6) is 1.99. The maximum Gasteiger partial charge on any atom is 0.234 e. The lowest BCUT2D eigenvalue weighted by Gasteiger charge is -2.30. The topological polar surface area (TPSA) is 82.2 Å². The van der Waals surface area contributed by atoms with Crippen LogP contribution in [0.15, 0.2) is 0 Å². The Morgan fingerprint density at radius 2 is 2.04 bits per heavy atom. The summed E-state index contributed by atoms with van der Waals surface area (Å²) in [6.07, 6.45) is 9.21. The largest absolute Gasteiger partial charge is 0.373 e. The Bertz CT molecular complexity index is 649. The highest BCUT2D eigenvalue weighted by atomic mass is 16.2. The zero-order chi connectivity index (χ0) is 18.6. The van der Waals surface area contributed by atoms with Crippen LogP contribution in [0, 0.1) is 0 Å².